The Kier molecular flexibility index (Phi) is 6.95. The largest absolute Gasteiger partial charge is 0.443 e. The Balaban J connectivity index is 1.47. The number of pyridine rings is 1. The second-order valence-corrected chi connectivity index (χ2v) is 10.7. The fraction of sp³-hybridized carbons (Fsp3) is 0.692. The zero-order valence-electron chi connectivity index (χ0n) is 21.1. The van der Waals surface area contributed by atoms with E-state index in [0.717, 1.165) is 12.8 Å². The summed E-state index contributed by atoms with van der Waals surface area (Å²) in [6.45, 7) is 10.9. The van der Waals surface area contributed by atoms with Crippen LogP contribution in [-0.2, 0) is 18.9 Å². The second-order valence-electron chi connectivity index (χ2n) is 10.7. The predicted octanol–water partition coefficient (Wildman–Crippen LogP) is 3.87. The first-order chi connectivity index (χ1) is 16.1. The quantitative estimate of drug-likeness (QED) is 0.438. The van der Waals surface area contributed by atoms with Crippen molar-refractivity contribution in [1.29, 1.82) is 0 Å². The van der Waals surface area contributed by atoms with E-state index in [4.69, 9.17) is 18.9 Å². The number of rotatable bonds is 8. The van der Waals surface area contributed by atoms with E-state index in [1.807, 2.05) is 13.8 Å². The summed E-state index contributed by atoms with van der Waals surface area (Å²) in [6.07, 6.45) is 4.90. The van der Waals surface area contributed by atoms with Gasteiger partial charge in [-0.3, -0.25) is 4.79 Å². The van der Waals surface area contributed by atoms with E-state index in [2.05, 4.69) is 37.1 Å². The number of epoxide rings is 2. The summed E-state index contributed by atoms with van der Waals surface area (Å²) < 4.78 is 24.1. The third kappa shape index (κ3) is 4.95. The van der Waals surface area contributed by atoms with Crippen molar-refractivity contribution in [3.63, 3.8) is 0 Å². The van der Waals surface area contributed by atoms with Gasteiger partial charge in [0.1, 0.15) is 23.4 Å². The lowest BCUT2D eigenvalue weighted by molar-refractivity contribution is -0.118. The number of allylic oxidation sites excluding steroid dienone is 1. The molecule has 8 nitrogen and oxygen atoms in total. The Morgan fingerprint density at radius 3 is 2.71 bits per heavy atom. The average Bonchev–Trinajstić information content (AvgIpc) is 3.69. The van der Waals surface area contributed by atoms with E-state index in [9.17, 15) is 9.59 Å². The molecule has 34 heavy (non-hydrogen) atoms. The fourth-order valence-electron chi connectivity index (χ4n) is 5.61. The third-order valence-electron chi connectivity index (χ3n) is 7.57. The maximum atomic E-state index is 13.0. The molecule has 0 unspecified atom stereocenters. The first kappa shape index (κ1) is 24.9. The maximum absolute atomic E-state index is 13.0. The molecule has 1 spiro atoms. The Morgan fingerprint density at radius 2 is 2.12 bits per heavy atom. The highest BCUT2D eigenvalue weighted by molar-refractivity contribution is 5.68. The van der Waals surface area contributed by atoms with E-state index in [1.165, 1.54) is 17.7 Å². The number of aromatic nitrogens is 1. The smallest absolute Gasteiger partial charge is 0.408 e. The Hall–Kier alpha value is -2.16. The van der Waals surface area contributed by atoms with Crippen molar-refractivity contribution in [2.45, 2.75) is 89.4 Å². The number of nitrogens with one attached hydrogen (secondary N) is 2. The number of aromatic amines is 1. The van der Waals surface area contributed by atoms with Gasteiger partial charge in [-0.25, -0.2) is 4.79 Å². The zero-order chi connectivity index (χ0) is 24.7. The molecule has 7 atom stereocenters. The summed E-state index contributed by atoms with van der Waals surface area (Å²) >= 11 is 0. The summed E-state index contributed by atoms with van der Waals surface area (Å²) in [5.41, 5.74) is 1.15. The van der Waals surface area contributed by atoms with Crippen LogP contribution in [0.4, 0.5) is 4.79 Å². The molecule has 1 aromatic heterocycles. The number of hydrogen-bond donors (Lipinski definition) is 2. The fourth-order valence-corrected chi connectivity index (χ4v) is 5.61. The lowest BCUT2D eigenvalue weighted by Crippen LogP contribution is -2.56. The van der Waals surface area contributed by atoms with E-state index in [1.54, 1.807) is 13.3 Å². The average molecular weight is 475 g/mol. The number of hydrogen-bond acceptors (Lipinski definition) is 6. The highest BCUT2D eigenvalue weighted by Gasteiger charge is 2.72. The predicted molar refractivity (Wildman–Crippen MR) is 128 cm³/mol. The molecule has 0 radical (unpaired) electrons. The molecule has 0 bridgehead atoms. The number of ether oxygens (including phenoxy) is 4. The number of H-pyrrole nitrogens is 1. The zero-order valence-corrected chi connectivity index (χ0v) is 21.1. The number of carbonyl (C=O) groups is 1. The monoisotopic (exact) mass is 474 g/mol. The first-order valence-corrected chi connectivity index (χ1v) is 12.2. The van der Waals surface area contributed by atoms with Crippen molar-refractivity contribution in [2.24, 2.45) is 11.8 Å². The van der Waals surface area contributed by atoms with Crippen LogP contribution in [0, 0.1) is 11.8 Å². The lowest BCUT2D eigenvalue weighted by atomic mass is 9.68. The minimum atomic E-state index is -0.523. The van der Waals surface area contributed by atoms with Crippen LogP contribution in [0.5, 0.6) is 0 Å². The van der Waals surface area contributed by atoms with Crippen molar-refractivity contribution in [1.82, 2.24) is 10.3 Å². The summed E-state index contributed by atoms with van der Waals surface area (Å²) in [4.78, 5) is 27.9. The van der Waals surface area contributed by atoms with Gasteiger partial charge in [-0.2, -0.15) is 0 Å². The SMILES string of the molecule is CO[C@@H]1[C@H](OC(=O)N[C@H](c2cc(=O)cc[nH]2)C(C)C)CC[C@]2(CO2)[C@H]1[C@@]1(C)O[C@@H]1CC=C(C)C. The van der Waals surface area contributed by atoms with Gasteiger partial charge in [0, 0.05) is 31.1 Å². The van der Waals surface area contributed by atoms with Crippen molar-refractivity contribution in [2.75, 3.05) is 13.7 Å². The Morgan fingerprint density at radius 1 is 1.38 bits per heavy atom. The third-order valence-corrected chi connectivity index (χ3v) is 7.57. The molecule has 3 heterocycles. The van der Waals surface area contributed by atoms with Crippen LogP contribution in [0.25, 0.3) is 0 Å². The van der Waals surface area contributed by atoms with Crippen LogP contribution in [0.2, 0.25) is 0 Å². The van der Waals surface area contributed by atoms with Gasteiger partial charge in [0.05, 0.1) is 24.7 Å². The standard InChI is InChI=1S/C26H38N2O6/c1-15(2)7-8-20-25(5,34-20)23-22(31-6)19(9-11-26(23)14-32-26)33-24(30)28-21(16(3)4)18-13-17(29)10-12-27-18/h7,10,12-13,16,19-23H,8-9,11,14H2,1-6H3,(H,27,29)(H,28,30)/t19-,20-,21+,22-,23-,25+,26+/m1/s1. The molecule has 2 saturated heterocycles. The summed E-state index contributed by atoms with van der Waals surface area (Å²) in [7, 11) is 1.66. The molecule has 8 heteroatoms. The van der Waals surface area contributed by atoms with Gasteiger partial charge >= 0.3 is 6.09 Å². The van der Waals surface area contributed by atoms with Crippen molar-refractivity contribution in [3.05, 3.63) is 45.9 Å². The number of alkyl carbamates (subject to hydrolysis) is 1. The number of amides is 1. The van der Waals surface area contributed by atoms with Crippen molar-refractivity contribution < 1.29 is 23.7 Å². The summed E-state index contributed by atoms with van der Waals surface area (Å²) in [6, 6.07) is 2.58. The molecule has 1 saturated carbocycles. The van der Waals surface area contributed by atoms with E-state index < -0.39 is 12.2 Å². The minimum Gasteiger partial charge on any atom is -0.443 e. The molecule has 1 aliphatic carbocycles. The lowest BCUT2D eigenvalue weighted by Gasteiger charge is -2.42. The normalized spacial score (nSPS) is 35.0. The molecule has 1 amide bonds. The number of carbonyl (C=O) groups excluding carboxylic acids is 1. The molecular weight excluding hydrogens is 436 g/mol. The van der Waals surface area contributed by atoms with Crippen LogP contribution in [0.1, 0.15) is 65.6 Å². The van der Waals surface area contributed by atoms with Gasteiger partial charge in [-0.05, 0) is 46.0 Å². The maximum Gasteiger partial charge on any atom is 0.408 e. The molecule has 0 aromatic carbocycles. The summed E-state index contributed by atoms with van der Waals surface area (Å²) in [5, 5.41) is 2.94. The second kappa shape index (κ2) is 9.47. The van der Waals surface area contributed by atoms with Gasteiger partial charge in [-0.1, -0.05) is 25.5 Å². The van der Waals surface area contributed by atoms with Gasteiger partial charge in [0.25, 0.3) is 0 Å². The first-order valence-electron chi connectivity index (χ1n) is 12.2. The van der Waals surface area contributed by atoms with Crippen LogP contribution in [0.15, 0.2) is 34.8 Å². The van der Waals surface area contributed by atoms with Gasteiger partial charge in [0.2, 0.25) is 0 Å². The molecule has 1 aromatic rings. The van der Waals surface area contributed by atoms with Crippen molar-refractivity contribution in [3.8, 4) is 0 Å². The Bertz CT molecular complexity index is 980. The summed E-state index contributed by atoms with van der Waals surface area (Å²) in [5.74, 6) is 0.0270. The van der Waals surface area contributed by atoms with Gasteiger partial charge in [0.15, 0.2) is 5.43 Å². The highest BCUT2D eigenvalue weighted by atomic mass is 16.6. The highest BCUT2D eigenvalue weighted by Crippen LogP contribution is 2.59. The minimum absolute atomic E-state index is 0.0292. The van der Waals surface area contributed by atoms with Crippen LogP contribution < -0.4 is 10.7 Å². The molecule has 3 fully saturated rings. The van der Waals surface area contributed by atoms with Crippen LogP contribution >= 0.6 is 0 Å². The van der Waals surface area contributed by atoms with E-state index >= 15 is 0 Å². The molecule has 2 aliphatic heterocycles. The topological polar surface area (TPSA) is 105 Å². The molecule has 188 valence electrons. The number of methoxy groups -OCH3 is 1. The molecule has 2 N–H and O–H groups in total. The van der Waals surface area contributed by atoms with E-state index in [0.29, 0.717) is 18.7 Å². The Labute approximate surface area is 201 Å². The molecule has 3 aliphatic rings. The van der Waals surface area contributed by atoms with Crippen LogP contribution in [0.3, 0.4) is 0 Å². The van der Waals surface area contributed by atoms with E-state index in [-0.39, 0.29) is 46.7 Å². The van der Waals surface area contributed by atoms with Gasteiger partial charge in [-0.15, -0.1) is 0 Å². The van der Waals surface area contributed by atoms with Gasteiger partial charge < -0.3 is 29.2 Å². The molecule has 4 rings (SSSR count). The molecular formula is C26H38N2O6. The van der Waals surface area contributed by atoms with Crippen molar-refractivity contribution >= 4 is 6.09 Å². The van der Waals surface area contributed by atoms with Crippen LogP contribution in [-0.4, -0.2) is 54.3 Å².